The highest BCUT2D eigenvalue weighted by Crippen LogP contribution is 2.28. The number of piperidine rings is 1. The SMILES string of the molecule is CCNC(=NCC1(O)CCSC1)NC1CCCN(C2CCCCC2)C1.I. The van der Waals surface area contributed by atoms with Crippen LogP contribution in [0.15, 0.2) is 4.99 Å². The molecular formula is C19H37IN4OS. The van der Waals surface area contributed by atoms with Crippen molar-refractivity contribution >= 4 is 41.7 Å². The van der Waals surface area contributed by atoms with E-state index in [9.17, 15) is 5.11 Å². The minimum Gasteiger partial charge on any atom is -0.387 e. The zero-order valence-electron chi connectivity index (χ0n) is 16.2. The molecule has 0 aromatic rings. The second kappa shape index (κ2) is 11.3. The number of hydrogen-bond acceptors (Lipinski definition) is 4. The maximum absolute atomic E-state index is 10.5. The van der Waals surface area contributed by atoms with E-state index in [-0.39, 0.29) is 24.0 Å². The Labute approximate surface area is 180 Å². The van der Waals surface area contributed by atoms with Crippen molar-refractivity contribution < 1.29 is 5.11 Å². The Morgan fingerprint density at radius 2 is 2.04 bits per heavy atom. The fourth-order valence-corrected chi connectivity index (χ4v) is 5.65. The van der Waals surface area contributed by atoms with E-state index in [0.29, 0.717) is 12.6 Å². The fraction of sp³-hybridized carbons (Fsp3) is 0.947. The molecule has 2 atom stereocenters. The van der Waals surface area contributed by atoms with E-state index in [4.69, 9.17) is 4.99 Å². The first-order valence-corrected chi connectivity index (χ1v) is 11.4. The number of guanidine groups is 1. The highest BCUT2D eigenvalue weighted by Gasteiger charge is 2.32. The molecule has 2 saturated heterocycles. The molecule has 7 heteroatoms. The summed E-state index contributed by atoms with van der Waals surface area (Å²) in [6.07, 6.45) is 10.3. The van der Waals surface area contributed by atoms with Gasteiger partial charge in [0.25, 0.3) is 0 Å². The summed E-state index contributed by atoms with van der Waals surface area (Å²) < 4.78 is 0. The summed E-state index contributed by atoms with van der Waals surface area (Å²) in [5.74, 6) is 2.74. The van der Waals surface area contributed by atoms with E-state index in [1.54, 1.807) is 0 Å². The van der Waals surface area contributed by atoms with E-state index >= 15 is 0 Å². The molecule has 0 aromatic carbocycles. The maximum atomic E-state index is 10.5. The molecule has 5 nitrogen and oxygen atoms in total. The van der Waals surface area contributed by atoms with Crippen LogP contribution in [0.2, 0.25) is 0 Å². The highest BCUT2D eigenvalue weighted by atomic mass is 127. The first-order chi connectivity index (χ1) is 12.2. The second-order valence-electron chi connectivity index (χ2n) is 7.99. The van der Waals surface area contributed by atoms with E-state index in [0.717, 1.165) is 43.0 Å². The van der Waals surface area contributed by atoms with Crippen molar-refractivity contribution in [3.63, 3.8) is 0 Å². The van der Waals surface area contributed by atoms with Gasteiger partial charge in [0.1, 0.15) is 0 Å². The molecule has 3 rings (SSSR count). The Hall–Kier alpha value is 0.270. The molecule has 0 radical (unpaired) electrons. The largest absolute Gasteiger partial charge is 0.387 e. The third-order valence-electron chi connectivity index (χ3n) is 5.84. The van der Waals surface area contributed by atoms with Crippen LogP contribution in [0, 0.1) is 0 Å². The van der Waals surface area contributed by atoms with Gasteiger partial charge in [-0.25, -0.2) is 0 Å². The van der Waals surface area contributed by atoms with Gasteiger partial charge in [0.05, 0.1) is 12.1 Å². The highest BCUT2D eigenvalue weighted by molar-refractivity contribution is 14.0. The third-order valence-corrected chi connectivity index (χ3v) is 7.08. The van der Waals surface area contributed by atoms with Crippen molar-refractivity contribution in [1.82, 2.24) is 15.5 Å². The molecule has 0 spiro atoms. The predicted molar refractivity (Wildman–Crippen MR) is 123 cm³/mol. The number of thioether (sulfide) groups is 1. The van der Waals surface area contributed by atoms with Crippen molar-refractivity contribution in [2.24, 2.45) is 4.99 Å². The van der Waals surface area contributed by atoms with Gasteiger partial charge in [-0.2, -0.15) is 11.8 Å². The Morgan fingerprint density at radius 3 is 2.73 bits per heavy atom. The maximum Gasteiger partial charge on any atom is 0.191 e. The van der Waals surface area contributed by atoms with Crippen molar-refractivity contribution in [2.75, 3.05) is 37.7 Å². The Bertz CT molecular complexity index is 439. The first kappa shape index (κ1) is 22.6. The number of rotatable bonds is 5. The minimum atomic E-state index is -0.603. The lowest BCUT2D eigenvalue weighted by atomic mass is 9.92. The molecule has 3 aliphatic rings. The summed E-state index contributed by atoms with van der Waals surface area (Å²) >= 11 is 1.83. The van der Waals surface area contributed by atoms with Crippen LogP contribution in [0.3, 0.4) is 0 Å². The molecule has 3 fully saturated rings. The standard InChI is InChI=1S/C19H36N4OS.HI/c1-2-20-18(21-14-19(24)10-12-25-15-19)22-16-7-6-11-23(13-16)17-8-4-3-5-9-17;/h16-17,24H,2-15H2,1H3,(H2,20,21,22);1H. The smallest absolute Gasteiger partial charge is 0.191 e. The van der Waals surface area contributed by atoms with Crippen molar-refractivity contribution in [2.45, 2.75) is 76.0 Å². The van der Waals surface area contributed by atoms with Crippen LogP contribution in [0.5, 0.6) is 0 Å². The number of aliphatic imine (C=N–C) groups is 1. The molecule has 1 saturated carbocycles. The van der Waals surface area contributed by atoms with Gasteiger partial charge in [-0.05, 0) is 51.3 Å². The van der Waals surface area contributed by atoms with Crippen LogP contribution >= 0.6 is 35.7 Å². The third kappa shape index (κ3) is 6.71. The van der Waals surface area contributed by atoms with Crippen molar-refractivity contribution in [3.05, 3.63) is 0 Å². The van der Waals surface area contributed by atoms with Gasteiger partial charge in [-0.3, -0.25) is 9.89 Å². The molecule has 2 heterocycles. The summed E-state index contributed by atoms with van der Waals surface area (Å²) in [7, 11) is 0. The molecule has 1 aliphatic carbocycles. The van der Waals surface area contributed by atoms with Crippen molar-refractivity contribution in [1.29, 1.82) is 0 Å². The minimum absolute atomic E-state index is 0. The quantitative estimate of drug-likeness (QED) is 0.311. The molecule has 0 amide bonds. The number of halogens is 1. The number of nitrogens with one attached hydrogen (secondary N) is 2. The molecule has 3 N–H and O–H groups in total. The first-order valence-electron chi connectivity index (χ1n) is 10.3. The zero-order valence-corrected chi connectivity index (χ0v) is 19.4. The molecule has 152 valence electrons. The molecule has 0 aromatic heterocycles. The lowest BCUT2D eigenvalue weighted by molar-refractivity contribution is 0.0777. The molecule has 26 heavy (non-hydrogen) atoms. The zero-order chi connectivity index (χ0) is 17.5. The van der Waals surface area contributed by atoms with Gasteiger partial charge in [0, 0.05) is 30.9 Å². The number of hydrogen-bond donors (Lipinski definition) is 3. The van der Waals surface area contributed by atoms with E-state index < -0.39 is 5.60 Å². The Balaban J connectivity index is 0.00000243. The predicted octanol–water partition coefficient (Wildman–Crippen LogP) is 2.82. The normalized spacial score (nSPS) is 31.5. The number of nitrogens with zero attached hydrogens (tertiary/aromatic N) is 2. The average molecular weight is 497 g/mol. The lowest BCUT2D eigenvalue weighted by Crippen LogP contribution is -2.54. The van der Waals surface area contributed by atoms with Gasteiger partial charge in [-0.15, -0.1) is 24.0 Å². The molecule has 0 bridgehead atoms. The fourth-order valence-electron chi connectivity index (χ4n) is 4.36. The molecular weight excluding hydrogens is 459 g/mol. The average Bonchev–Trinajstić information content (AvgIpc) is 3.08. The summed E-state index contributed by atoms with van der Waals surface area (Å²) in [5.41, 5.74) is -0.603. The van der Waals surface area contributed by atoms with E-state index in [2.05, 4.69) is 22.5 Å². The topological polar surface area (TPSA) is 59.9 Å². The lowest BCUT2D eigenvalue weighted by Gasteiger charge is -2.40. The van der Waals surface area contributed by atoms with Crippen LogP contribution in [0.25, 0.3) is 0 Å². The van der Waals surface area contributed by atoms with Gasteiger partial charge >= 0.3 is 0 Å². The van der Waals surface area contributed by atoms with E-state index in [1.807, 2.05) is 11.8 Å². The van der Waals surface area contributed by atoms with Crippen LogP contribution in [0.4, 0.5) is 0 Å². The number of likely N-dealkylation sites (tertiary alicyclic amines) is 1. The summed E-state index contributed by atoms with van der Waals surface area (Å²) in [5, 5.41) is 17.5. The van der Waals surface area contributed by atoms with Gasteiger partial charge < -0.3 is 15.7 Å². The summed E-state index contributed by atoms with van der Waals surface area (Å²) in [4.78, 5) is 7.42. The Kier molecular flexibility index (Phi) is 9.82. The molecule has 2 aliphatic heterocycles. The van der Waals surface area contributed by atoms with Crippen LogP contribution in [-0.4, -0.2) is 71.3 Å². The van der Waals surface area contributed by atoms with Crippen molar-refractivity contribution in [3.8, 4) is 0 Å². The van der Waals surface area contributed by atoms with Crippen LogP contribution in [0.1, 0.15) is 58.3 Å². The summed E-state index contributed by atoms with van der Waals surface area (Å²) in [6, 6.07) is 1.27. The van der Waals surface area contributed by atoms with Crippen LogP contribution < -0.4 is 10.6 Å². The van der Waals surface area contributed by atoms with E-state index in [1.165, 1.54) is 51.5 Å². The summed E-state index contributed by atoms with van der Waals surface area (Å²) in [6.45, 7) is 5.86. The Morgan fingerprint density at radius 1 is 1.23 bits per heavy atom. The van der Waals surface area contributed by atoms with Gasteiger partial charge in [-0.1, -0.05) is 19.3 Å². The molecule has 2 unspecified atom stereocenters. The second-order valence-corrected chi connectivity index (χ2v) is 9.10. The number of aliphatic hydroxyl groups is 1. The van der Waals surface area contributed by atoms with Crippen LogP contribution in [-0.2, 0) is 0 Å². The van der Waals surface area contributed by atoms with Gasteiger partial charge in [0.15, 0.2) is 5.96 Å². The monoisotopic (exact) mass is 496 g/mol. The van der Waals surface area contributed by atoms with Gasteiger partial charge in [0.2, 0.25) is 0 Å².